The average Bonchev–Trinajstić information content (AvgIpc) is 3.36. The maximum atomic E-state index is 13.7. The van der Waals surface area contributed by atoms with Gasteiger partial charge in [-0.2, -0.15) is 0 Å². The molecule has 0 spiro atoms. The van der Waals surface area contributed by atoms with E-state index < -0.39 is 17.8 Å². The van der Waals surface area contributed by atoms with Crippen LogP contribution in [0, 0.1) is 5.92 Å². The Labute approximate surface area is 209 Å². The summed E-state index contributed by atoms with van der Waals surface area (Å²) in [5.41, 5.74) is 3.79. The van der Waals surface area contributed by atoms with E-state index in [1.54, 1.807) is 14.2 Å². The number of ether oxygens (including phenoxy) is 5. The van der Waals surface area contributed by atoms with Crippen LogP contribution in [0.15, 0.2) is 58.7 Å². The molecule has 36 heavy (non-hydrogen) atoms. The van der Waals surface area contributed by atoms with Crippen molar-refractivity contribution in [3.8, 4) is 17.2 Å². The van der Waals surface area contributed by atoms with Crippen molar-refractivity contribution in [2.45, 2.75) is 31.6 Å². The van der Waals surface area contributed by atoms with Gasteiger partial charge in [-0.1, -0.05) is 18.2 Å². The maximum absolute atomic E-state index is 13.7. The summed E-state index contributed by atoms with van der Waals surface area (Å²) >= 11 is 0. The molecule has 5 rings (SSSR count). The smallest absolute Gasteiger partial charge is 0.315 e. The molecule has 0 bridgehead atoms. The molecule has 3 atom stereocenters. The molecule has 0 saturated carbocycles. The zero-order valence-electron chi connectivity index (χ0n) is 20.6. The van der Waals surface area contributed by atoms with Crippen LogP contribution in [0.4, 0.5) is 0 Å². The summed E-state index contributed by atoms with van der Waals surface area (Å²) in [5.74, 6) is 0.335. The van der Waals surface area contributed by atoms with Gasteiger partial charge in [-0.25, -0.2) is 0 Å². The second kappa shape index (κ2) is 10.1. The molecule has 2 aliphatic heterocycles. The number of methoxy groups -OCH3 is 2. The van der Waals surface area contributed by atoms with Crippen molar-refractivity contribution >= 4 is 17.5 Å². The molecule has 2 heterocycles. The molecular weight excluding hydrogens is 462 g/mol. The Kier molecular flexibility index (Phi) is 6.78. The molecule has 0 radical (unpaired) electrons. The minimum absolute atomic E-state index is 0.00122. The van der Waals surface area contributed by atoms with E-state index in [1.165, 1.54) is 0 Å². The Bertz CT molecular complexity index is 1230. The van der Waals surface area contributed by atoms with Crippen LogP contribution < -0.4 is 14.2 Å². The molecule has 188 valence electrons. The van der Waals surface area contributed by atoms with Crippen LogP contribution in [0.25, 0.3) is 0 Å². The fourth-order valence-electron chi connectivity index (χ4n) is 5.26. The number of hydrogen-bond donors (Lipinski definition) is 0. The van der Waals surface area contributed by atoms with Crippen molar-refractivity contribution in [2.24, 2.45) is 10.9 Å². The highest BCUT2D eigenvalue weighted by Crippen LogP contribution is 2.48. The first-order valence-corrected chi connectivity index (χ1v) is 12.0. The van der Waals surface area contributed by atoms with Gasteiger partial charge in [-0.05, 0) is 54.7 Å². The van der Waals surface area contributed by atoms with Crippen molar-refractivity contribution in [1.82, 2.24) is 0 Å². The number of esters is 1. The predicted octanol–water partition coefficient (Wildman–Crippen LogP) is 4.19. The molecule has 2 aromatic carbocycles. The zero-order valence-corrected chi connectivity index (χ0v) is 20.6. The molecular formula is C28H29NO7. The number of benzene rings is 2. The molecule has 2 aromatic rings. The van der Waals surface area contributed by atoms with Gasteiger partial charge in [-0.15, -0.1) is 0 Å². The van der Waals surface area contributed by atoms with E-state index >= 15 is 0 Å². The second-order valence-electron chi connectivity index (χ2n) is 9.14. The van der Waals surface area contributed by atoms with Crippen molar-refractivity contribution in [3.05, 3.63) is 64.9 Å². The van der Waals surface area contributed by atoms with E-state index in [4.69, 9.17) is 28.7 Å². The number of carbonyl (C=O) groups is 2. The number of aliphatic imine (C=N–C) groups is 1. The van der Waals surface area contributed by atoms with E-state index in [1.807, 2.05) is 49.4 Å². The number of ketones is 1. The number of nitrogens with zero attached hydrogens (tertiary/aromatic N) is 1. The first-order chi connectivity index (χ1) is 17.5. The van der Waals surface area contributed by atoms with Crippen LogP contribution in [0.5, 0.6) is 17.2 Å². The standard InChI is InChI=1S/C28H29NO7/c1-16-25(28(31)34-11-10-32-2)26(18-6-9-23-24(14-18)36-15-35-23)27-21(29-16)12-19(13-22(27)30)17-4-7-20(33-3)8-5-17/h4-9,14,19,25-26H,10-13,15H2,1-3H3/t19-,25?,26+/m1/s1. The van der Waals surface area contributed by atoms with Crippen LogP contribution >= 0.6 is 0 Å². The molecule has 3 aliphatic rings. The van der Waals surface area contributed by atoms with Crippen molar-refractivity contribution in [3.63, 3.8) is 0 Å². The number of allylic oxidation sites excluding steroid dienone is 2. The largest absolute Gasteiger partial charge is 0.497 e. The Morgan fingerprint density at radius 3 is 2.50 bits per heavy atom. The molecule has 0 saturated heterocycles. The fourth-order valence-corrected chi connectivity index (χ4v) is 5.26. The van der Waals surface area contributed by atoms with E-state index in [2.05, 4.69) is 0 Å². The van der Waals surface area contributed by atoms with E-state index in [-0.39, 0.29) is 25.1 Å². The van der Waals surface area contributed by atoms with E-state index in [0.29, 0.717) is 42.2 Å². The minimum atomic E-state index is -0.720. The SMILES string of the molecule is COCCOC(=O)C1C(C)=NC2=C(C(=O)C[C@H](c3ccc(OC)cc3)C2)[C@H]1c1ccc2c(c1)OCO2. The molecule has 0 amide bonds. The van der Waals surface area contributed by atoms with E-state index in [0.717, 1.165) is 22.6 Å². The minimum Gasteiger partial charge on any atom is -0.497 e. The Balaban J connectivity index is 1.53. The fraction of sp³-hybridized carbons (Fsp3) is 0.393. The summed E-state index contributed by atoms with van der Waals surface area (Å²) in [7, 11) is 3.18. The van der Waals surface area contributed by atoms with Crippen LogP contribution in [0.2, 0.25) is 0 Å². The molecule has 1 aliphatic carbocycles. The molecule has 8 nitrogen and oxygen atoms in total. The highest BCUT2D eigenvalue weighted by molar-refractivity contribution is 6.09. The number of hydrogen-bond acceptors (Lipinski definition) is 8. The summed E-state index contributed by atoms with van der Waals surface area (Å²) in [6, 6.07) is 13.4. The third kappa shape index (κ3) is 4.48. The van der Waals surface area contributed by atoms with Crippen molar-refractivity contribution in [1.29, 1.82) is 0 Å². The monoisotopic (exact) mass is 491 g/mol. The normalized spacial score (nSPS) is 22.7. The van der Waals surface area contributed by atoms with Gasteiger partial charge in [0.15, 0.2) is 17.3 Å². The summed E-state index contributed by atoms with van der Waals surface area (Å²) in [6.45, 7) is 2.39. The van der Waals surface area contributed by atoms with Crippen LogP contribution in [-0.2, 0) is 19.1 Å². The summed E-state index contributed by atoms with van der Waals surface area (Å²) in [6.07, 6.45) is 0.948. The summed E-state index contributed by atoms with van der Waals surface area (Å²) in [5, 5.41) is 0. The Hall–Kier alpha value is -3.65. The van der Waals surface area contributed by atoms with Crippen LogP contribution in [0.3, 0.4) is 0 Å². The number of fused-ring (bicyclic) bond motifs is 1. The van der Waals surface area contributed by atoms with Crippen molar-refractivity contribution < 1.29 is 33.3 Å². The highest BCUT2D eigenvalue weighted by atomic mass is 16.7. The molecule has 0 aromatic heterocycles. The lowest BCUT2D eigenvalue weighted by Gasteiger charge is -2.36. The third-order valence-corrected chi connectivity index (χ3v) is 7.02. The van der Waals surface area contributed by atoms with Gasteiger partial charge in [0.05, 0.1) is 13.7 Å². The second-order valence-corrected chi connectivity index (χ2v) is 9.14. The molecule has 8 heteroatoms. The highest BCUT2D eigenvalue weighted by Gasteiger charge is 2.45. The van der Waals surface area contributed by atoms with Crippen LogP contribution in [-0.4, -0.2) is 51.7 Å². The third-order valence-electron chi connectivity index (χ3n) is 7.02. The molecule has 1 unspecified atom stereocenters. The number of rotatable bonds is 7. The number of Topliss-reactive ketones (excluding diaryl/α,β-unsaturated/α-hetero) is 1. The zero-order chi connectivity index (χ0) is 25.2. The van der Waals surface area contributed by atoms with Crippen molar-refractivity contribution in [2.75, 3.05) is 34.2 Å². The van der Waals surface area contributed by atoms with Gasteiger partial charge in [0.25, 0.3) is 0 Å². The quantitative estimate of drug-likeness (QED) is 0.424. The predicted molar refractivity (Wildman–Crippen MR) is 132 cm³/mol. The lowest BCUT2D eigenvalue weighted by molar-refractivity contribution is -0.147. The molecule has 0 fully saturated rings. The van der Waals surface area contributed by atoms with Gasteiger partial charge < -0.3 is 23.7 Å². The topological polar surface area (TPSA) is 92.7 Å². The Morgan fingerprint density at radius 1 is 1.00 bits per heavy atom. The van der Waals surface area contributed by atoms with Crippen LogP contribution in [0.1, 0.15) is 42.7 Å². The van der Waals surface area contributed by atoms with Gasteiger partial charge in [0.2, 0.25) is 6.79 Å². The first kappa shape index (κ1) is 24.1. The lowest BCUT2D eigenvalue weighted by Crippen LogP contribution is -2.38. The van der Waals surface area contributed by atoms with Gasteiger partial charge in [-0.3, -0.25) is 14.6 Å². The van der Waals surface area contributed by atoms with Gasteiger partial charge >= 0.3 is 5.97 Å². The van der Waals surface area contributed by atoms with Gasteiger partial charge in [0.1, 0.15) is 18.3 Å². The lowest BCUT2D eigenvalue weighted by atomic mass is 9.69. The average molecular weight is 492 g/mol. The Morgan fingerprint density at radius 2 is 1.75 bits per heavy atom. The van der Waals surface area contributed by atoms with E-state index in [9.17, 15) is 9.59 Å². The summed E-state index contributed by atoms with van der Waals surface area (Å²) in [4.78, 5) is 31.8. The number of carbonyl (C=O) groups excluding carboxylic acids is 2. The van der Waals surface area contributed by atoms with Gasteiger partial charge in [0, 0.05) is 36.4 Å². The first-order valence-electron chi connectivity index (χ1n) is 12.0. The molecule has 0 N–H and O–H groups in total. The summed E-state index contributed by atoms with van der Waals surface area (Å²) < 4.78 is 26.9. The maximum Gasteiger partial charge on any atom is 0.315 e.